The Bertz CT molecular complexity index is 479. The third kappa shape index (κ3) is 3.13. The third-order valence-corrected chi connectivity index (χ3v) is 2.72. The van der Waals surface area contributed by atoms with Gasteiger partial charge in [-0.2, -0.15) is 0 Å². The maximum Gasteiger partial charge on any atom is 0.322 e. The number of urea groups is 1. The van der Waals surface area contributed by atoms with Gasteiger partial charge < -0.3 is 15.2 Å². The Balaban J connectivity index is 1.98. The number of nitrogens with one attached hydrogen (secondary N) is 2. The van der Waals surface area contributed by atoms with Gasteiger partial charge in [-0.1, -0.05) is 18.2 Å². The Kier molecular flexibility index (Phi) is 4.02. The SMILES string of the molecule is CCN(Cc1ccc[nH]1)C(=O)Nc1ccccc1. The van der Waals surface area contributed by atoms with Crippen molar-refractivity contribution < 1.29 is 4.79 Å². The van der Waals surface area contributed by atoms with E-state index in [4.69, 9.17) is 0 Å². The molecule has 0 unspecified atom stereocenters. The molecule has 2 amide bonds. The summed E-state index contributed by atoms with van der Waals surface area (Å²) < 4.78 is 0. The Morgan fingerprint density at radius 2 is 2.00 bits per heavy atom. The van der Waals surface area contributed by atoms with Gasteiger partial charge in [-0.3, -0.25) is 0 Å². The van der Waals surface area contributed by atoms with E-state index in [0.717, 1.165) is 11.4 Å². The summed E-state index contributed by atoms with van der Waals surface area (Å²) in [6.07, 6.45) is 1.86. The van der Waals surface area contributed by atoms with Crippen LogP contribution in [0.2, 0.25) is 0 Å². The number of carbonyl (C=O) groups excluding carboxylic acids is 1. The first-order valence-electron chi connectivity index (χ1n) is 6.03. The Morgan fingerprint density at radius 3 is 2.61 bits per heavy atom. The van der Waals surface area contributed by atoms with Crippen molar-refractivity contribution in [1.29, 1.82) is 0 Å². The van der Waals surface area contributed by atoms with Crippen LogP contribution in [0.25, 0.3) is 0 Å². The number of amides is 2. The Morgan fingerprint density at radius 1 is 1.22 bits per heavy atom. The molecule has 2 aromatic rings. The van der Waals surface area contributed by atoms with Gasteiger partial charge in [0.15, 0.2) is 0 Å². The number of hydrogen-bond donors (Lipinski definition) is 2. The van der Waals surface area contributed by atoms with Crippen LogP contribution in [0.15, 0.2) is 48.7 Å². The maximum atomic E-state index is 12.1. The third-order valence-electron chi connectivity index (χ3n) is 2.72. The predicted octanol–water partition coefficient (Wildman–Crippen LogP) is 3.07. The molecule has 0 atom stereocenters. The molecule has 0 saturated heterocycles. The van der Waals surface area contributed by atoms with Gasteiger partial charge in [0.05, 0.1) is 6.54 Å². The first kappa shape index (κ1) is 12.2. The summed E-state index contributed by atoms with van der Waals surface area (Å²) in [5.74, 6) is 0. The van der Waals surface area contributed by atoms with Crippen molar-refractivity contribution >= 4 is 11.7 Å². The summed E-state index contributed by atoms with van der Waals surface area (Å²) in [6, 6.07) is 13.3. The molecule has 2 N–H and O–H groups in total. The minimum Gasteiger partial charge on any atom is -0.364 e. The first-order valence-corrected chi connectivity index (χ1v) is 6.03. The van der Waals surface area contributed by atoms with E-state index in [-0.39, 0.29) is 6.03 Å². The molecule has 94 valence electrons. The van der Waals surface area contributed by atoms with E-state index in [1.54, 1.807) is 4.90 Å². The molecule has 0 aliphatic heterocycles. The minimum atomic E-state index is -0.0849. The van der Waals surface area contributed by atoms with Crippen LogP contribution in [0.4, 0.5) is 10.5 Å². The van der Waals surface area contributed by atoms with E-state index in [2.05, 4.69) is 10.3 Å². The lowest BCUT2D eigenvalue weighted by Crippen LogP contribution is -2.34. The number of H-pyrrole nitrogens is 1. The van der Waals surface area contributed by atoms with E-state index in [1.807, 2.05) is 55.6 Å². The lowest BCUT2D eigenvalue weighted by molar-refractivity contribution is 0.211. The highest BCUT2D eigenvalue weighted by molar-refractivity contribution is 5.89. The molecule has 1 aromatic carbocycles. The number of rotatable bonds is 4. The second-order valence-corrected chi connectivity index (χ2v) is 4.01. The predicted molar refractivity (Wildman–Crippen MR) is 72.3 cm³/mol. The van der Waals surface area contributed by atoms with Crippen LogP contribution in [0.3, 0.4) is 0 Å². The van der Waals surface area contributed by atoms with Gasteiger partial charge in [-0.15, -0.1) is 0 Å². The molecule has 0 radical (unpaired) electrons. The minimum absolute atomic E-state index is 0.0849. The van der Waals surface area contributed by atoms with Crippen LogP contribution in [-0.2, 0) is 6.54 Å². The van der Waals surface area contributed by atoms with Crippen LogP contribution in [0.1, 0.15) is 12.6 Å². The summed E-state index contributed by atoms with van der Waals surface area (Å²) in [5, 5.41) is 2.88. The Hall–Kier alpha value is -2.23. The molecular formula is C14H17N3O. The van der Waals surface area contributed by atoms with E-state index >= 15 is 0 Å². The van der Waals surface area contributed by atoms with Crippen molar-refractivity contribution in [3.05, 3.63) is 54.4 Å². The smallest absolute Gasteiger partial charge is 0.322 e. The number of para-hydroxylation sites is 1. The highest BCUT2D eigenvalue weighted by Gasteiger charge is 2.12. The first-order chi connectivity index (χ1) is 8.79. The Labute approximate surface area is 107 Å². The summed E-state index contributed by atoms with van der Waals surface area (Å²) in [6.45, 7) is 3.22. The van der Waals surface area contributed by atoms with Crippen molar-refractivity contribution in [2.24, 2.45) is 0 Å². The number of hydrogen-bond acceptors (Lipinski definition) is 1. The quantitative estimate of drug-likeness (QED) is 0.851. The van der Waals surface area contributed by atoms with Crippen LogP contribution in [0.5, 0.6) is 0 Å². The molecule has 0 spiro atoms. The lowest BCUT2D eigenvalue weighted by atomic mass is 10.3. The fourth-order valence-electron chi connectivity index (χ4n) is 1.72. The molecule has 0 saturated carbocycles. The van der Waals surface area contributed by atoms with Crippen LogP contribution >= 0.6 is 0 Å². The van der Waals surface area contributed by atoms with Gasteiger partial charge in [0, 0.05) is 24.1 Å². The van der Waals surface area contributed by atoms with Crippen LogP contribution in [-0.4, -0.2) is 22.5 Å². The second kappa shape index (κ2) is 5.91. The van der Waals surface area contributed by atoms with Gasteiger partial charge in [0.25, 0.3) is 0 Å². The van der Waals surface area contributed by atoms with Crippen molar-refractivity contribution in [2.45, 2.75) is 13.5 Å². The fourth-order valence-corrected chi connectivity index (χ4v) is 1.72. The summed E-state index contributed by atoms with van der Waals surface area (Å²) >= 11 is 0. The van der Waals surface area contributed by atoms with Gasteiger partial charge in [0.1, 0.15) is 0 Å². The molecule has 4 heteroatoms. The summed E-state index contributed by atoms with van der Waals surface area (Å²) in [4.78, 5) is 16.9. The molecule has 0 aliphatic carbocycles. The topological polar surface area (TPSA) is 48.1 Å². The summed E-state index contributed by atoms with van der Waals surface area (Å²) in [5.41, 5.74) is 1.84. The molecule has 1 aromatic heterocycles. The number of benzene rings is 1. The zero-order valence-electron chi connectivity index (χ0n) is 10.4. The summed E-state index contributed by atoms with van der Waals surface area (Å²) in [7, 11) is 0. The van der Waals surface area contributed by atoms with Gasteiger partial charge in [-0.05, 0) is 31.2 Å². The molecule has 2 rings (SSSR count). The molecule has 0 bridgehead atoms. The molecule has 1 heterocycles. The van der Waals surface area contributed by atoms with Crippen molar-refractivity contribution in [1.82, 2.24) is 9.88 Å². The van der Waals surface area contributed by atoms with Crippen LogP contribution in [0, 0.1) is 0 Å². The number of aromatic nitrogens is 1. The molecule has 4 nitrogen and oxygen atoms in total. The fraction of sp³-hybridized carbons (Fsp3) is 0.214. The average molecular weight is 243 g/mol. The second-order valence-electron chi connectivity index (χ2n) is 4.01. The van der Waals surface area contributed by atoms with Crippen molar-refractivity contribution in [2.75, 3.05) is 11.9 Å². The normalized spacial score (nSPS) is 10.1. The number of carbonyl (C=O) groups is 1. The average Bonchev–Trinajstić information content (AvgIpc) is 2.90. The van der Waals surface area contributed by atoms with Gasteiger partial charge >= 0.3 is 6.03 Å². The van der Waals surface area contributed by atoms with Gasteiger partial charge in [-0.25, -0.2) is 4.79 Å². The van der Waals surface area contributed by atoms with Crippen molar-refractivity contribution in [3.8, 4) is 0 Å². The monoisotopic (exact) mass is 243 g/mol. The van der Waals surface area contributed by atoms with E-state index in [1.165, 1.54) is 0 Å². The van der Waals surface area contributed by atoms with Crippen LogP contribution < -0.4 is 5.32 Å². The lowest BCUT2D eigenvalue weighted by Gasteiger charge is -2.20. The van der Waals surface area contributed by atoms with Crippen molar-refractivity contribution in [3.63, 3.8) is 0 Å². The van der Waals surface area contributed by atoms with Gasteiger partial charge in [0.2, 0.25) is 0 Å². The number of aromatic amines is 1. The largest absolute Gasteiger partial charge is 0.364 e. The molecule has 0 aliphatic rings. The van der Waals surface area contributed by atoms with E-state index in [0.29, 0.717) is 13.1 Å². The molecule has 0 fully saturated rings. The zero-order valence-corrected chi connectivity index (χ0v) is 10.4. The van der Waals surface area contributed by atoms with E-state index in [9.17, 15) is 4.79 Å². The highest BCUT2D eigenvalue weighted by Crippen LogP contribution is 2.08. The standard InChI is InChI=1S/C14H17N3O/c1-2-17(11-13-9-6-10-15-13)14(18)16-12-7-4-3-5-8-12/h3-10,15H,2,11H2,1H3,(H,16,18). The van der Waals surface area contributed by atoms with E-state index < -0.39 is 0 Å². The zero-order chi connectivity index (χ0) is 12.8. The molecule has 18 heavy (non-hydrogen) atoms. The number of anilines is 1. The number of nitrogens with zero attached hydrogens (tertiary/aromatic N) is 1. The highest BCUT2D eigenvalue weighted by atomic mass is 16.2. The maximum absolute atomic E-state index is 12.1. The molecular weight excluding hydrogens is 226 g/mol.